The molecule has 1 aliphatic rings. The van der Waals surface area contributed by atoms with Gasteiger partial charge in [-0.3, -0.25) is 4.79 Å². The molecular weight excluding hydrogens is 524 g/mol. The Morgan fingerprint density at radius 2 is 1.73 bits per heavy atom. The van der Waals surface area contributed by atoms with Gasteiger partial charge in [-0.05, 0) is 67.1 Å². The van der Waals surface area contributed by atoms with Crippen LogP contribution in [0.1, 0.15) is 30.0 Å². The van der Waals surface area contributed by atoms with Crippen LogP contribution in [0.3, 0.4) is 0 Å². The van der Waals surface area contributed by atoms with Crippen molar-refractivity contribution < 1.29 is 22.3 Å². The monoisotopic (exact) mass is 545 g/mol. The number of hydrogen-bond donors (Lipinski definition) is 0. The van der Waals surface area contributed by atoms with Gasteiger partial charge in [-0.2, -0.15) is 18.2 Å². The summed E-state index contributed by atoms with van der Waals surface area (Å²) in [5, 5.41) is 4.39. The molecule has 6 nitrogen and oxygen atoms in total. The molecule has 0 saturated heterocycles. The Hall–Kier alpha value is -4.91. The lowest BCUT2D eigenvalue weighted by atomic mass is 10.1. The van der Waals surface area contributed by atoms with Crippen molar-refractivity contribution in [2.75, 3.05) is 6.61 Å². The molecule has 0 N–H and O–H groups in total. The highest BCUT2D eigenvalue weighted by Gasteiger charge is 2.31. The van der Waals surface area contributed by atoms with E-state index in [1.807, 2.05) is 6.92 Å². The second-order valence-electron chi connectivity index (χ2n) is 8.81. The Balaban J connectivity index is 1.38. The third-order valence-electron chi connectivity index (χ3n) is 5.96. The molecule has 1 aromatic heterocycles. The highest BCUT2D eigenvalue weighted by molar-refractivity contribution is 6.06. The zero-order valence-electron chi connectivity index (χ0n) is 21.2. The van der Waals surface area contributed by atoms with Gasteiger partial charge in [0.2, 0.25) is 0 Å². The number of benzene rings is 3. The number of fused-ring (bicyclic) bond motifs is 1. The van der Waals surface area contributed by atoms with Crippen LogP contribution >= 0.6 is 0 Å². The first-order chi connectivity index (χ1) is 19.2. The smallest absolute Gasteiger partial charge is 0.416 e. The molecule has 0 bridgehead atoms. The summed E-state index contributed by atoms with van der Waals surface area (Å²) in [7, 11) is 0. The van der Waals surface area contributed by atoms with Gasteiger partial charge in [0.15, 0.2) is 17.3 Å². The summed E-state index contributed by atoms with van der Waals surface area (Å²) >= 11 is 0. The number of rotatable bonds is 6. The lowest BCUT2D eigenvalue weighted by Crippen LogP contribution is -2.19. The van der Waals surface area contributed by atoms with Crippen molar-refractivity contribution in [1.29, 1.82) is 0 Å². The van der Waals surface area contributed by atoms with Crippen molar-refractivity contribution >= 4 is 17.3 Å². The Bertz CT molecular complexity index is 1700. The van der Waals surface area contributed by atoms with Gasteiger partial charge in [-0.1, -0.05) is 30.9 Å². The fraction of sp³-hybridized carbons (Fsp3) is 0.167. The summed E-state index contributed by atoms with van der Waals surface area (Å²) in [6, 6.07) is 17.4. The summed E-state index contributed by atoms with van der Waals surface area (Å²) in [6.45, 7) is 2.40. The van der Waals surface area contributed by atoms with Crippen LogP contribution in [0, 0.1) is 17.7 Å². The Morgan fingerprint density at radius 1 is 0.975 bits per heavy atom. The van der Waals surface area contributed by atoms with E-state index in [0.717, 1.165) is 12.1 Å². The second-order valence-corrected chi connectivity index (χ2v) is 8.81. The fourth-order valence-electron chi connectivity index (χ4n) is 4.09. The molecule has 0 saturated carbocycles. The molecule has 4 aromatic rings. The number of alkyl halides is 3. The lowest BCUT2D eigenvalue weighted by molar-refractivity contribution is -0.137. The van der Waals surface area contributed by atoms with Gasteiger partial charge in [0.1, 0.15) is 24.0 Å². The third kappa shape index (κ3) is 5.73. The topological polar surface area (TPSA) is 70.6 Å². The van der Waals surface area contributed by atoms with E-state index in [1.165, 1.54) is 24.3 Å². The third-order valence-corrected chi connectivity index (χ3v) is 5.96. The highest BCUT2D eigenvalue weighted by atomic mass is 19.4. The second kappa shape index (κ2) is 11.1. The van der Waals surface area contributed by atoms with E-state index >= 15 is 0 Å². The standard InChI is InChI=1S/C30H21F4N4O2/c1-2-16-38-27(21-6-3-7-22(18-21)30(32,33)34)37-29(39)25-28(38)36-26(35-25)20-10-14-24(15-11-20)40-17-4-5-19-8-12-23(31)13-9-19/h3,6-15,18H,2,16-17H2,1H3. The molecule has 0 amide bonds. The van der Waals surface area contributed by atoms with Crippen LogP contribution in [0.4, 0.5) is 29.1 Å². The van der Waals surface area contributed by atoms with Gasteiger partial charge < -0.3 is 9.30 Å². The number of aromatic nitrogens is 2. The maximum absolute atomic E-state index is 13.3. The van der Waals surface area contributed by atoms with Crippen molar-refractivity contribution in [3.05, 3.63) is 106 Å². The van der Waals surface area contributed by atoms with Gasteiger partial charge in [-0.25, -0.2) is 14.7 Å². The van der Waals surface area contributed by atoms with Crippen LogP contribution in [0.15, 0.2) is 82.6 Å². The number of hydrogen-bond acceptors (Lipinski definition) is 4. The predicted octanol–water partition coefficient (Wildman–Crippen LogP) is 6.24. The minimum Gasteiger partial charge on any atom is -0.481 e. The highest BCUT2D eigenvalue weighted by Crippen LogP contribution is 2.35. The molecule has 10 heteroatoms. The molecule has 1 radical (unpaired) electrons. The number of halogens is 4. The minimum atomic E-state index is -4.53. The molecule has 0 atom stereocenters. The van der Waals surface area contributed by atoms with E-state index in [4.69, 9.17) is 4.74 Å². The van der Waals surface area contributed by atoms with E-state index in [-0.39, 0.29) is 41.2 Å². The van der Waals surface area contributed by atoms with Gasteiger partial charge in [0, 0.05) is 23.2 Å². The van der Waals surface area contributed by atoms with Crippen molar-refractivity contribution in [3.63, 3.8) is 0 Å². The van der Waals surface area contributed by atoms with Crippen LogP contribution in [-0.4, -0.2) is 22.0 Å². The first-order valence-electron chi connectivity index (χ1n) is 12.3. The summed E-state index contributed by atoms with van der Waals surface area (Å²) in [4.78, 5) is 21.5. The molecule has 0 fully saturated rings. The first kappa shape index (κ1) is 26.7. The van der Waals surface area contributed by atoms with Crippen LogP contribution in [0.5, 0.6) is 5.75 Å². The molecule has 0 spiro atoms. The summed E-state index contributed by atoms with van der Waals surface area (Å²) < 4.78 is 60.2. The molecule has 1 aliphatic heterocycles. The molecule has 40 heavy (non-hydrogen) atoms. The van der Waals surface area contributed by atoms with Gasteiger partial charge in [0.25, 0.3) is 0 Å². The lowest BCUT2D eigenvalue weighted by Gasteiger charge is -2.15. The largest absolute Gasteiger partial charge is 0.481 e. The molecule has 0 aliphatic carbocycles. The molecule has 201 valence electrons. The molecule has 5 rings (SSSR count). The van der Waals surface area contributed by atoms with Gasteiger partial charge in [-0.15, -0.1) is 0 Å². The maximum Gasteiger partial charge on any atom is 0.416 e. The fourth-order valence-corrected chi connectivity index (χ4v) is 4.09. The van der Waals surface area contributed by atoms with E-state index in [0.29, 0.717) is 29.8 Å². The van der Waals surface area contributed by atoms with Gasteiger partial charge in [0.05, 0.1) is 5.56 Å². The average molecular weight is 546 g/mol. The Labute approximate surface area is 227 Å². The van der Waals surface area contributed by atoms with E-state index in [1.54, 1.807) is 41.0 Å². The first-order valence-corrected chi connectivity index (χ1v) is 12.3. The number of nitrogens with zero attached hydrogens (tertiary/aromatic N) is 4. The average Bonchev–Trinajstić information content (AvgIpc) is 3.40. The van der Waals surface area contributed by atoms with E-state index in [2.05, 4.69) is 27.1 Å². The molecule has 0 unspecified atom stereocenters. The quantitative estimate of drug-likeness (QED) is 0.213. The molecule has 3 aromatic carbocycles. The van der Waals surface area contributed by atoms with Crippen LogP contribution in [0.25, 0.3) is 11.4 Å². The zero-order chi connectivity index (χ0) is 28.3. The van der Waals surface area contributed by atoms with Gasteiger partial charge >= 0.3 is 11.7 Å². The Kier molecular flexibility index (Phi) is 7.38. The predicted molar refractivity (Wildman–Crippen MR) is 142 cm³/mol. The number of ether oxygens (including phenoxy) is 1. The van der Waals surface area contributed by atoms with Crippen LogP contribution in [0.2, 0.25) is 0 Å². The SMILES string of the molecule is CCCn1c(-c2cccc(C(F)(F)F)c2)nc(=O)c2c1N=C(c1ccc(OCC#Cc3ccc(F)cc3)cc1)[N]2. The van der Waals surface area contributed by atoms with Crippen molar-refractivity contribution in [1.82, 2.24) is 14.9 Å². The molecular formula is C30H21F4N4O2. The van der Waals surface area contributed by atoms with Crippen molar-refractivity contribution in [3.8, 4) is 29.0 Å². The summed E-state index contributed by atoms with van der Waals surface area (Å²) in [5.74, 6) is 6.60. The zero-order valence-corrected chi connectivity index (χ0v) is 21.2. The van der Waals surface area contributed by atoms with Crippen LogP contribution < -0.4 is 15.6 Å². The normalized spacial score (nSPS) is 12.2. The van der Waals surface area contributed by atoms with Crippen molar-refractivity contribution in [2.45, 2.75) is 26.1 Å². The van der Waals surface area contributed by atoms with Crippen molar-refractivity contribution in [2.24, 2.45) is 4.99 Å². The summed E-state index contributed by atoms with van der Waals surface area (Å²) in [5.41, 5.74) is -0.0198. The minimum absolute atomic E-state index is 0.0376. The summed E-state index contributed by atoms with van der Waals surface area (Å²) in [6.07, 6.45) is -3.90. The van der Waals surface area contributed by atoms with E-state index < -0.39 is 17.3 Å². The molecule has 2 heterocycles. The van der Waals surface area contributed by atoms with Crippen LogP contribution in [-0.2, 0) is 12.7 Å². The Morgan fingerprint density at radius 3 is 2.42 bits per heavy atom. The maximum atomic E-state index is 13.3. The number of aliphatic imine (C=N–C) groups is 1. The van der Waals surface area contributed by atoms with E-state index in [9.17, 15) is 22.4 Å². The number of amidine groups is 1.